The molecule has 0 spiro atoms. The van der Waals surface area contributed by atoms with Gasteiger partial charge in [-0.2, -0.15) is 0 Å². The molecule has 0 saturated carbocycles. The van der Waals surface area contributed by atoms with Crippen LogP contribution in [0.4, 0.5) is 10.1 Å². The molecule has 17 heavy (non-hydrogen) atoms. The second-order valence-corrected chi connectivity index (χ2v) is 4.56. The number of carbonyl (C=O) groups excluding carboxylic acids is 1. The number of nitrogens with two attached hydrogens (primary N) is 1. The number of rotatable bonds is 5. The molecule has 0 aromatic heterocycles. The molecule has 0 aliphatic rings. The minimum Gasteiger partial charge on any atom is -0.330 e. The van der Waals surface area contributed by atoms with Crippen LogP contribution in [0, 0.1) is 17.7 Å². The Labute approximate surface area is 101 Å². The van der Waals surface area contributed by atoms with Crippen molar-refractivity contribution in [3.8, 4) is 0 Å². The van der Waals surface area contributed by atoms with Gasteiger partial charge < -0.3 is 11.1 Å². The third-order valence-electron chi connectivity index (χ3n) is 2.50. The molecule has 0 radical (unpaired) electrons. The van der Waals surface area contributed by atoms with E-state index < -0.39 is 0 Å². The number of anilines is 1. The second-order valence-electron chi connectivity index (χ2n) is 4.56. The zero-order valence-electron chi connectivity index (χ0n) is 10.2. The first kappa shape index (κ1) is 13.6. The maximum atomic E-state index is 12.9. The number of carbonyl (C=O) groups is 1. The quantitative estimate of drug-likeness (QED) is 0.827. The van der Waals surface area contributed by atoms with E-state index in [2.05, 4.69) is 5.32 Å². The number of halogens is 1. The fourth-order valence-corrected chi connectivity index (χ4v) is 1.69. The van der Waals surface area contributed by atoms with E-state index in [4.69, 9.17) is 5.73 Å². The van der Waals surface area contributed by atoms with Crippen LogP contribution in [0.5, 0.6) is 0 Å². The molecule has 3 N–H and O–H groups in total. The molecular weight excluding hydrogens is 219 g/mol. The van der Waals surface area contributed by atoms with E-state index >= 15 is 0 Å². The van der Waals surface area contributed by atoms with E-state index in [-0.39, 0.29) is 17.6 Å². The van der Waals surface area contributed by atoms with Crippen LogP contribution < -0.4 is 11.1 Å². The predicted octanol–water partition coefficient (Wildman–Crippen LogP) is 2.39. The van der Waals surface area contributed by atoms with E-state index in [0.29, 0.717) is 18.2 Å². The van der Waals surface area contributed by atoms with E-state index in [1.54, 1.807) is 12.1 Å². The van der Waals surface area contributed by atoms with Crippen LogP contribution in [0.25, 0.3) is 0 Å². The van der Waals surface area contributed by atoms with Crippen molar-refractivity contribution in [2.45, 2.75) is 20.3 Å². The molecule has 0 saturated heterocycles. The molecule has 1 atom stereocenters. The van der Waals surface area contributed by atoms with Crippen molar-refractivity contribution >= 4 is 11.6 Å². The summed E-state index contributed by atoms with van der Waals surface area (Å²) in [5.74, 6) is -0.331. The summed E-state index contributed by atoms with van der Waals surface area (Å²) < 4.78 is 12.9. The lowest BCUT2D eigenvalue weighted by atomic mass is 9.96. The average Bonchev–Trinajstić information content (AvgIpc) is 2.25. The van der Waals surface area contributed by atoms with Crippen molar-refractivity contribution < 1.29 is 9.18 Å². The van der Waals surface area contributed by atoms with Gasteiger partial charge in [0.1, 0.15) is 5.82 Å². The first-order valence-electron chi connectivity index (χ1n) is 5.79. The van der Waals surface area contributed by atoms with Gasteiger partial charge in [-0.3, -0.25) is 4.79 Å². The third kappa shape index (κ3) is 4.53. The van der Waals surface area contributed by atoms with Gasteiger partial charge in [0.15, 0.2) is 0 Å². The minimum atomic E-state index is -0.365. The highest BCUT2D eigenvalue weighted by Gasteiger charge is 2.18. The molecule has 1 rings (SSSR count). The van der Waals surface area contributed by atoms with Crippen molar-refractivity contribution in [2.75, 3.05) is 11.9 Å². The molecular formula is C13H19FN2O. The monoisotopic (exact) mass is 238 g/mol. The largest absolute Gasteiger partial charge is 0.330 e. The van der Waals surface area contributed by atoms with Crippen molar-refractivity contribution in [3.63, 3.8) is 0 Å². The van der Waals surface area contributed by atoms with Gasteiger partial charge in [0.05, 0.1) is 5.92 Å². The van der Waals surface area contributed by atoms with E-state index in [9.17, 15) is 9.18 Å². The zero-order valence-corrected chi connectivity index (χ0v) is 10.2. The molecule has 0 aliphatic heterocycles. The van der Waals surface area contributed by atoms with Crippen LogP contribution in [-0.2, 0) is 4.79 Å². The molecule has 1 unspecified atom stereocenters. The van der Waals surface area contributed by atoms with E-state index in [1.165, 1.54) is 12.1 Å². The summed E-state index contributed by atoms with van der Waals surface area (Å²) in [6.07, 6.45) is 0.734. The van der Waals surface area contributed by atoms with Crippen LogP contribution in [0.15, 0.2) is 24.3 Å². The SMILES string of the molecule is CC(C)CC(CN)C(=O)Nc1cccc(F)c1. The number of benzene rings is 1. The van der Waals surface area contributed by atoms with Crippen molar-refractivity contribution in [1.82, 2.24) is 0 Å². The van der Waals surface area contributed by atoms with Gasteiger partial charge in [-0.25, -0.2) is 4.39 Å². The minimum absolute atomic E-state index is 0.146. The molecule has 0 heterocycles. The summed E-state index contributed by atoms with van der Waals surface area (Å²) >= 11 is 0. The summed E-state index contributed by atoms with van der Waals surface area (Å²) in [5.41, 5.74) is 6.04. The van der Waals surface area contributed by atoms with Crippen molar-refractivity contribution in [2.24, 2.45) is 17.6 Å². The topological polar surface area (TPSA) is 55.1 Å². The second kappa shape index (κ2) is 6.35. The lowest BCUT2D eigenvalue weighted by molar-refractivity contribution is -0.120. The standard InChI is InChI=1S/C13H19FN2O/c1-9(2)6-10(8-15)13(17)16-12-5-3-4-11(14)7-12/h3-5,7,9-10H,6,8,15H2,1-2H3,(H,16,17). The molecule has 1 aromatic carbocycles. The Bertz CT molecular complexity index is 379. The highest BCUT2D eigenvalue weighted by Crippen LogP contribution is 2.15. The van der Waals surface area contributed by atoms with Gasteiger partial charge in [0, 0.05) is 12.2 Å². The summed E-state index contributed by atoms with van der Waals surface area (Å²) in [6.45, 7) is 4.38. The molecule has 4 heteroatoms. The number of nitrogens with one attached hydrogen (secondary N) is 1. The lowest BCUT2D eigenvalue weighted by Gasteiger charge is -2.16. The van der Waals surface area contributed by atoms with Gasteiger partial charge in [0.25, 0.3) is 0 Å². The Morgan fingerprint density at radius 2 is 2.18 bits per heavy atom. The Morgan fingerprint density at radius 1 is 1.47 bits per heavy atom. The van der Waals surface area contributed by atoms with Gasteiger partial charge in [-0.15, -0.1) is 0 Å². The number of hydrogen-bond donors (Lipinski definition) is 2. The third-order valence-corrected chi connectivity index (χ3v) is 2.50. The average molecular weight is 238 g/mol. The number of hydrogen-bond acceptors (Lipinski definition) is 2. The van der Waals surface area contributed by atoms with Crippen molar-refractivity contribution in [3.05, 3.63) is 30.1 Å². The highest BCUT2D eigenvalue weighted by molar-refractivity contribution is 5.92. The summed E-state index contributed by atoms with van der Waals surface area (Å²) in [7, 11) is 0. The summed E-state index contributed by atoms with van der Waals surface area (Å²) in [6, 6.07) is 5.85. The maximum absolute atomic E-state index is 12.9. The highest BCUT2D eigenvalue weighted by atomic mass is 19.1. The molecule has 0 fully saturated rings. The normalized spacial score (nSPS) is 12.5. The first-order chi connectivity index (χ1) is 8.02. The molecule has 94 valence electrons. The zero-order chi connectivity index (χ0) is 12.8. The summed E-state index contributed by atoms with van der Waals surface area (Å²) in [5, 5.41) is 2.68. The van der Waals surface area contributed by atoms with Crippen LogP contribution in [0.3, 0.4) is 0 Å². The van der Waals surface area contributed by atoms with E-state index in [0.717, 1.165) is 6.42 Å². The Balaban J connectivity index is 2.64. The van der Waals surface area contributed by atoms with Gasteiger partial charge in [-0.1, -0.05) is 19.9 Å². The number of amides is 1. The first-order valence-corrected chi connectivity index (χ1v) is 5.79. The van der Waals surface area contributed by atoms with Crippen LogP contribution in [0.1, 0.15) is 20.3 Å². The predicted molar refractivity (Wildman–Crippen MR) is 67.0 cm³/mol. The fourth-order valence-electron chi connectivity index (χ4n) is 1.69. The van der Waals surface area contributed by atoms with Gasteiger partial charge >= 0.3 is 0 Å². The van der Waals surface area contributed by atoms with Crippen molar-refractivity contribution in [1.29, 1.82) is 0 Å². The molecule has 0 bridgehead atoms. The van der Waals surface area contributed by atoms with Crippen LogP contribution >= 0.6 is 0 Å². The Kier molecular flexibility index (Phi) is 5.10. The van der Waals surface area contributed by atoms with Gasteiger partial charge in [0.2, 0.25) is 5.91 Å². The fraction of sp³-hybridized carbons (Fsp3) is 0.462. The lowest BCUT2D eigenvalue weighted by Crippen LogP contribution is -2.30. The van der Waals surface area contributed by atoms with Crippen LogP contribution in [0.2, 0.25) is 0 Å². The molecule has 1 amide bonds. The van der Waals surface area contributed by atoms with E-state index in [1.807, 2.05) is 13.8 Å². The Hall–Kier alpha value is -1.42. The van der Waals surface area contributed by atoms with Crippen LogP contribution in [-0.4, -0.2) is 12.5 Å². The Morgan fingerprint density at radius 3 is 2.71 bits per heavy atom. The smallest absolute Gasteiger partial charge is 0.228 e. The van der Waals surface area contributed by atoms with Gasteiger partial charge in [-0.05, 0) is 30.5 Å². The molecule has 1 aromatic rings. The maximum Gasteiger partial charge on any atom is 0.228 e. The molecule has 0 aliphatic carbocycles. The summed E-state index contributed by atoms with van der Waals surface area (Å²) in [4.78, 5) is 11.9. The molecule has 3 nitrogen and oxygen atoms in total.